The largest absolute Gasteiger partial charge is 2.00 e. The molecule has 0 bridgehead atoms. The van der Waals surface area contributed by atoms with E-state index in [1.165, 1.54) is 12.1 Å². The molecule has 0 aliphatic heterocycles. The van der Waals surface area contributed by atoms with Gasteiger partial charge >= 0.3 is 48.1 Å². The van der Waals surface area contributed by atoms with E-state index in [0.29, 0.717) is 0 Å². The molecule has 4 nitrogen and oxygen atoms in total. The van der Waals surface area contributed by atoms with Gasteiger partial charge in [-0.15, -0.1) is 0 Å². The first-order valence-corrected chi connectivity index (χ1v) is 4.77. The summed E-state index contributed by atoms with van der Waals surface area (Å²) in [5.74, 6) is 0.0631. The van der Waals surface area contributed by atoms with Crippen LogP contribution in [0.15, 0.2) is 30.8 Å². The molecule has 0 unspecified atom stereocenters. The molecule has 0 amide bonds. The summed E-state index contributed by atoms with van der Waals surface area (Å²) in [6, 6.07) is 6.08. The van der Waals surface area contributed by atoms with Crippen molar-refractivity contribution >= 4 is 54.2 Å². The van der Waals surface area contributed by atoms with Crippen molar-refractivity contribution in [3.05, 3.63) is 36.4 Å². The van der Waals surface area contributed by atoms with E-state index in [-0.39, 0.29) is 43.5 Å². The molecule has 1 N–H and O–H groups in total. The second kappa shape index (κ2) is 5.72. The second-order valence-electron chi connectivity index (χ2n) is 2.28. The van der Waals surface area contributed by atoms with E-state index in [9.17, 15) is 8.42 Å². The molecule has 0 spiro atoms. The van der Waals surface area contributed by atoms with Gasteiger partial charge in [-0.25, -0.2) is 0 Å². The van der Waals surface area contributed by atoms with Crippen LogP contribution in [0.2, 0.25) is 0 Å². The molecule has 0 fully saturated rings. The summed E-state index contributed by atoms with van der Waals surface area (Å²) in [7, 11) is -4.42. The predicted octanol–water partition coefficient (Wildman–Crippen LogP) is 1.13. The van der Waals surface area contributed by atoms with E-state index in [2.05, 4.69) is 10.8 Å². The Bertz CT molecular complexity index is 396. The van der Waals surface area contributed by atoms with Gasteiger partial charge in [0.25, 0.3) is 0 Å². The van der Waals surface area contributed by atoms with Gasteiger partial charge in [-0.1, -0.05) is 24.8 Å². The number of hydrogen-bond donors (Lipinski definition) is 1. The first-order valence-electron chi connectivity index (χ1n) is 3.40. The molecule has 1 aromatic rings. The van der Waals surface area contributed by atoms with Crippen molar-refractivity contribution in [1.82, 2.24) is 0 Å². The summed E-state index contributed by atoms with van der Waals surface area (Å²) in [6.07, 6.45) is 1.61. The minimum Gasteiger partial charge on any atom is -0.362 e. The second-order valence-corrected chi connectivity index (χ2v) is 3.31. The maximum atomic E-state index is 10.3. The van der Waals surface area contributed by atoms with Crippen LogP contribution >= 0.6 is 0 Å². The third kappa shape index (κ3) is 4.97. The van der Waals surface area contributed by atoms with E-state index >= 15 is 0 Å². The quantitative estimate of drug-likeness (QED) is 0.635. The molecule has 1 aromatic carbocycles. The van der Waals surface area contributed by atoms with E-state index < -0.39 is 10.4 Å². The molecular formula is C8H8CaO4S+2. The molecule has 0 aliphatic rings. The average molecular weight is 240 g/mol. The molecule has 70 valence electrons. The van der Waals surface area contributed by atoms with E-state index in [0.717, 1.165) is 5.56 Å². The fourth-order valence-corrected chi connectivity index (χ4v) is 1.14. The molecule has 1 rings (SSSR count). The van der Waals surface area contributed by atoms with E-state index in [4.69, 9.17) is 4.55 Å². The minimum absolute atomic E-state index is 0. The summed E-state index contributed by atoms with van der Waals surface area (Å²) in [6.45, 7) is 3.53. The van der Waals surface area contributed by atoms with Crippen molar-refractivity contribution < 1.29 is 17.2 Å². The summed E-state index contributed by atoms with van der Waals surface area (Å²) >= 11 is 0. The maximum Gasteiger partial charge on any atom is 2.00 e. The Morgan fingerprint density at radius 3 is 2.14 bits per heavy atom. The molecule has 0 atom stereocenters. The van der Waals surface area contributed by atoms with E-state index in [1.807, 2.05) is 0 Å². The van der Waals surface area contributed by atoms with Crippen LogP contribution in [0.25, 0.3) is 6.08 Å². The van der Waals surface area contributed by atoms with Crippen LogP contribution in [0.1, 0.15) is 5.56 Å². The fourth-order valence-electron chi connectivity index (χ4n) is 0.781. The van der Waals surface area contributed by atoms with Crippen molar-refractivity contribution in [2.24, 2.45) is 0 Å². The van der Waals surface area contributed by atoms with E-state index in [1.54, 1.807) is 18.2 Å². The van der Waals surface area contributed by atoms with Crippen LogP contribution in [0.5, 0.6) is 5.75 Å². The van der Waals surface area contributed by atoms with Crippen molar-refractivity contribution in [1.29, 1.82) is 0 Å². The Hall–Kier alpha value is -0.0703. The van der Waals surface area contributed by atoms with Gasteiger partial charge in [-0.05, 0) is 17.7 Å². The molecule has 0 radical (unpaired) electrons. The third-order valence-corrected chi connectivity index (χ3v) is 1.72. The van der Waals surface area contributed by atoms with Crippen LogP contribution in [-0.2, 0) is 10.4 Å². The molecule has 0 aliphatic carbocycles. The van der Waals surface area contributed by atoms with Crippen LogP contribution in [-0.4, -0.2) is 50.7 Å². The zero-order valence-electron chi connectivity index (χ0n) is 7.38. The molecule has 6 heteroatoms. The van der Waals surface area contributed by atoms with Crippen molar-refractivity contribution in [2.45, 2.75) is 0 Å². The molecule has 0 heterocycles. The Balaban J connectivity index is 0.00000169. The van der Waals surface area contributed by atoms with Crippen LogP contribution in [0.3, 0.4) is 0 Å². The molecule has 0 aromatic heterocycles. The molecular weight excluding hydrogens is 232 g/mol. The third-order valence-electron chi connectivity index (χ3n) is 1.32. The van der Waals surface area contributed by atoms with Gasteiger partial charge in [0.1, 0.15) is 5.75 Å². The predicted molar refractivity (Wildman–Crippen MR) is 54.5 cm³/mol. The van der Waals surface area contributed by atoms with Crippen LogP contribution < -0.4 is 4.18 Å². The standard InChI is InChI=1S/C8H8O4S.Ca/c1-2-7-3-5-8(6-4-7)12-13(9,10)11;/h2-6H,1H2,(H,9,10,11);/q;+2. The average Bonchev–Trinajstić information content (AvgIpc) is 2.03. The van der Waals surface area contributed by atoms with Crippen molar-refractivity contribution in [3.8, 4) is 5.75 Å². The summed E-state index contributed by atoms with van der Waals surface area (Å²) in [5.41, 5.74) is 0.836. The van der Waals surface area contributed by atoms with Gasteiger partial charge in [0.15, 0.2) is 0 Å². The monoisotopic (exact) mass is 240 g/mol. The summed E-state index contributed by atoms with van der Waals surface area (Å²) < 4.78 is 33.1. The van der Waals surface area contributed by atoms with Gasteiger partial charge < -0.3 is 4.18 Å². The smallest absolute Gasteiger partial charge is 0.362 e. The summed E-state index contributed by atoms with van der Waals surface area (Å²) in [5, 5.41) is 0. The van der Waals surface area contributed by atoms with Gasteiger partial charge in [0, 0.05) is 0 Å². The van der Waals surface area contributed by atoms with Gasteiger partial charge in [-0.2, -0.15) is 8.42 Å². The Morgan fingerprint density at radius 2 is 1.79 bits per heavy atom. The minimum atomic E-state index is -4.42. The number of hydrogen-bond acceptors (Lipinski definition) is 3. The van der Waals surface area contributed by atoms with Crippen molar-refractivity contribution in [2.75, 3.05) is 0 Å². The van der Waals surface area contributed by atoms with Gasteiger partial charge in [0.05, 0.1) is 0 Å². The molecule has 0 saturated heterocycles. The number of rotatable bonds is 3. The molecule has 0 saturated carbocycles. The number of benzene rings is 1. The van der Waals surface area contributed by atoms with Crippen molar-refractivity contribution in [3.63, 3.8) is 0 Å². The normalized spacial score (nSPS) is 10.1. The van der Waals surface area contributed by atoms with Crippen LogP contribution in [0, 0.1) is 0 Å². The van der Waals surface area contributed by atoms with Gasteiger partial charge in [-0.3, -0.25) is 4.55 Å². The molecule has 14 heavy (non-hydrogen) atoms. The first-order chi connectivity index (χ1) is 6.01. The van der Waals surface area contributed by atoms with Gasteiger partial charge in [0.2, 0.25) is 0 Å². The first kappa shape index (κ1) is 13.9. The Morgan fingerprint density at radius 1 is 1.29 bits per heavy atom. The maximum absolute atomic E-state index is 10.3. The van der Waals surface area contributed by atoms with Crippen LogP contribution in [0.4, 0.5) is 0 Å². The summed E-state index contributed by atoms with van der Waals surface area (Å²) in [4.78, 5) is 0. The fraction of sp³-hybridized carbons (Fsp3) is 0. The Labute approximate surface area is 113 Å². The Kier molecular flexibility index (Phi) is 5.70. The SMILES string of the molecule is C=Cc1ccc(OS(=O)(=O)O)cc1.[Ca+2]. The zero-order valence-corrected chi connectivity index (χ0v) is 10.4. The zero-order chi connectivity index (χ0) is 9.90. The topological polar surface area (TPSA) is 63.6 Å².